The van der Waals surface area contributed by atoms with Gasteiger partial charge in [0.15, 0.2) is 0 Å². The third-order valence-electron chi connectivity index (χ3n) is 2.85. The van der Waals surface area contributed by atoms with Gasteiger partial charge in [-0.2, -0.15) is 5.10 Å². The number of hydrogen-bond acceptors (Lipinski definition) is 2. The average molecular weight is 192 g/mol. The number of Topliss-reactive ketones (excluding diaryl/α,β-unsaturated/α-hetero) is 1. The van der Waals surface area contributed by atoms with Crippen LogP contribution in [0.4, 0.5) is 0 Å². The molecule has 0 amide bonds. The Bertz CT molecular complexity index is 343. The Labute approximate surface area is 84.1 Å². The molecule has 76 valence electrons. The molecule has 3 heteroatoms. The van der Waals surface area contributed by atoms with Gasteiger partial charge in [-0.15, -0.1) is 0 Å². The van der Waals surface area contributed by atoms with Gasteiger partial charge in [-0.1, -0.05) is 6.92 Å². The summed E-state index contributed by atoms with van der Waals surface area (Å²) in [6, 6.07) is 0. The van der Waals surface area contributed by atoms with Crippen molar-refractivity contribution in [3.05, 3.63) is 18.0 Å². The molecule has 14 heavy (non-hydrogen) atoms. The van der Waals surface area contributed by atoms with E-state index in [1.165, 1.54) is 5.56 Å². The molecule has 2 unspecified atom stereocenters. The number of rotatable bonds is 4. The van der Waals surface area contributed by atoms with Crippen LogP contribution in [0.1, 0.15) is 38.2 Å². The molecular weight excluding hydrogens is 176 g/mol. The molecule has 3 nitrogen and oxygen atoms in total. The van der Waals surface area contributed by atoms with Crippen LogP contribution < -0.4 is 0 Å². The first-order valence-electron chi connectivity index (χ1n) is 5.25. The van der Waals surface area contributed by atoms with Gasteiger partial charge in [-0.3, -0.25) is 9.48 Å². The summed E-state index contributed by atoms with van der Waals surface area (Å²) in [6.45, 7) is 4.79. The molecule has 0 aromatic carbocycles. The summed E-state index contributed by atoms with van der Waals surface area (Å²) in [5.41, 5.74) is 1.23. The van der Waals surface area contributed by atoms with Crippen LogP contribution in [0.25, 0.3) is 0 Å². The lowest BCUT2D eigenvalue weighted by Crippen LogP contribution is -1.96. The highest BCUT2D eigenvalue weighted by atomic mass is 16.1. The zero-order valence-electron chi connectivity index (χ0n) is 8.73. The van der Waals surface area contributed by atoms with Crippen molar-refractivity contribution in [2.24, 2.45) is 5.92 Å². The molecule has 1 aliphatic rings. The summed E-state index contributed by atoms with van der Waals surface area (Å²) < 4.78 is 1.96. The smallest absolute Gasteiger partial charge is 0.133 e. The van der Waals surface area contributed by atoms with Crippen LogP contribution in [0, 0.1) is 5.92 Å². The van der Waals surface area contributed by atoms with Crippen LogP contribution in [0.2, 0.25) is 0 Å². The summed E-state index contributed by atoms with van der Waals surface area (Å²) in [7, 11) is 0. The van der Waals surface area contributed by atoms with Gasteiger partial charge in [-0.25, -0.2) is 0 Å². The lowest BCUT2D eigenvalue weighted by atomic mass is 10.1. The van der Waals surface area contributed by atoms with Crippen molar-refractivity contribution >= 4 is 5.78 Å². The second-order valence-corrected chi connectivity index (χ2v) is 4.10. The molecule has 1 heterocycles. The number of ketones is 1. The topological polar surface area (TPSA) is 34.9 Å². The highest BCUT2D eigenvalue weighted by Crippen LogP contribution is 2.47. The first kappa shape index (κ1) is 9.44. The second kappa shape index (κ2) is 3.56. The van der Waals surface area contributed by atoms with Crippen molar-refractivity contribution in [2.45, 2.75) is 39.2 Å². The molecule has 0 saturated heterocycles. The first-order chi connectivity index (χ1) is 6.72. The monoisotopic (exact) mass is 192 g/mol. The molecule has 1 saturated carbocycles. The van der Waals surface area contributed by atoms with Crippen molar-refractivity contribution in [3.63, 3.8) is 0 Å². The second-order valence-electron chi connectivity index (χ2n) is 4.10. The first-order valence-corrected chi connectivity index (χ1v) is 5.25. The van der Waals surface area contributed by atoms with Crippen LogP contribution in [0.15, 0.2) is 12.4 Å². The van der Waals surface area contributed by atoms with Crippen LogP contribution in [0.3, 0.4) is 0 Å². The Morgan fingerprint density at radius 1 is 1.71 bits per heavy atom. The van der Waals surface area contributed by atoms with E-state index < -0.39 is 0 Å². The Balaban J connectivity index is 2.01. The standard InChI is InChI=1S/C11H16N2O/c1-3-4-13-7-9(6-12-13)11-5-10(11)8(2)14/h6-7,10-11H,3-5H2,1-2H3. The number of aromatic nitrogens is 2. The largest absolute Gasteiger partial charge is 0.300 e. The minimum Gasteiger partial charge on any atom is -0.300 e. The van der Waals surface area contributed by atoms with Crippen LogP contribution in [-0.4, -0.2) is 15.6 Å². The fourth-order valence-corrected chi connectivity index (χ4v) is 1.94. The molecule has 2 atom stereocenters. The van der Waals surface area contributed by atoms with E-state index in [1.807, 2.05) is 10.9 Å². The number of carbonyl (C=O) groups excluding carboxylic acids is 1. The quantitative estimate of drug-likeness (QED) is 0.731. The fraction of sp³-hybridized carbons (Fsp3) is 0.636. The van der Waals surface area contributed by atoms with E-state index in [1.54, 1.807) is 6.92 Å². The molecule has 1 fully saturated rings. The molecular formula is C11H16N2O. The molecule has 0 spiro atoms. The lowest BCUT2D eigenvalue weighted by molar-refractivity contribution is -0.118. The van der Waals surface area contributed by atoms with Crippen LogP contribution in [0.5, 0.6) is 0 Å². The molecule has 0 N–H and O–H groups in total. The van der Waals surface area contributed by atoms with Crippen LogP contribution >= 0.6 is 0 Å². The third-order valence-corrected chi connectivity index (χ3v) is 2.85. The Morgan fingerprint density at radius 2 is 2.50 bits per heavy atom. The molecule has 0 bridgehead atoms. The maximum atomic E-state index is 11.1. The van der Waals surface area contributed by atoms with E-state index in [-0.39, 0.29) is 5.92 Å². The van der Waals surface area contributed by atoms with Crippen molar-refractivity contribution in [3.8, 4) is 0 Å². The Morgan fingerprint density at radius 3 is 3.07 bits per heavy atom. The molecule has 1 aromatic rings. The van der Waals surface area contributed by atoms with Crippen molar-refractivity contribution in [2.75, 3.05) is 0 Å². The maximum Gasteiger partial charge on any atom is 0.133 e. The van der Waals surface area contributed by atoms with Gasteiger partial charge in [0.2, 0.25) is 0 Å². The predicted octanol–water partition coefficient (Wildman–Crippen LogP) is 1.99. The average Bonchev–Trinajstić information content (AvgIpc) is 2.82. The minimum atomic E-state index is 0.272. The van der Waals surface area contributed by atoms with E-state index in [0.717, 1.165) is 19.4 Å². The number of aryl methyl sites for hydroxylation is 1. The van der Waals surface area contributed by atoms with E-state index in [0.29, 0.717) is 11.7 Å². The zero-order chi connectivity index (χ0) is 10.1. The summed E-state index contributed by atoms with van der Waals surface area (Å²) in [4.78, 5) is 11.1. The van der Waals surface area contributed by atoms with E-state index in [4.69, 9.17) is 0 Å². The predicted molar refractivity (Wildman–Crippen MR) is 54.0 cm³/mol. The molecule has 1 aromatic heterocycles. The molecule has 0 radical (unpaired) electrons. The highest BCUT2D eigenvalue weighted by Gasteiger charge is 2.42. The third kappa shape index (κ3) is 1.72. The summed E-state index contributed by atoms with van der Waals surface area (Å²) >= 11 is 0. The summed E-state index contributed by atoms with van der Waals surface area (Å²) in [5.74, 6) is 1.05. The maximum absolute atomic E-state index is 11.1. The van der Waals surface area contributed by atoms with Gasteiger partial charge in [-0.05, 0) is 31.2 Å². The number of hydrogen-bond donors (Lipinski definition) is 0. The van der Waals surface area contributed by atoms with Gasteiger partial charge in [0.25, 0.3) is 0 Å². The van der Waals surface area contributed by atoms with Gasteiger partial charge in [0.05, 0.1) is 6.20 Å². The fourth-order valence-electron chi connectivity index (χ4n) is 1.94. The van der Waals surface area contributed by atoms with Gasteiger partial charge in [0.1, 0.15) is 5.78 Å². The SMILES string of the molecule is CCCn1cc(C2CC2C(C)=O)cn1. The number of carbonyl (C=O) groups is 1. The van der Waals surface area contributed by atoms with Crippen molar-refractivity contribution < 1.29 is 4.79 Å². The summed E-state index contributed by atoms with van der Waals surface area (Å²) in [6.07, 6.45) is 6.11. The number of nitrogens with zero attached hydrogens (tertiary/aromatic N) is 2. The molecule has 1 aliphatic carbocycles. The van der Waals surface area contributed by atoms with Gasteiger partial charge in [0, 0.05) is 18.7 Å². The van der Waals surface area contributed by atoms with E-state index in [2.05, 4.69) is 18.2 Å². The highest BCUT2D eigenvalue weighted by molar-refractivity contribution is 5.82. The van der Waals surface area contributed by atoms with E-state index >= 15 is 0 Å². The van der Waals surface area contributed by atoms with Crippen LogP contribution in [-0.2, 0) is 11.3 Å². The van der Waals surface area contributed by atoms with Gasteiger partial charge < -0.3 is 0 Å². The van der Waals surface area contributed by atoms with Gasteiger partial charge >= 0.3 is 0 Å². The summed E-state index contributed by atoms with van der Waals surface area (Å²) in [5, 5.41) is 4.27. The molecule has 0 aliphatic heterocycles. The van der Waals surface area contributed by atoms with Crippen molar-refractivity contribution in [1.29, 1.82) is 0 Å². The normalized spacial score (nSPS) is 25.0. The van der Waals surface area contributed by atoms with Crippen molar-refractivity contribution in [1.82, 2.24) is 9.78 Å². The Kier molecular flexibility index (Phi) is 2.40. The van der Waals surface area contributed by atoms with E-state index in [9.17, 15) is 4.79 Å². The lowest BCUT2D eigenvalue weighted by Gasteiger charge is -1.95. The zero-order valence-corrected chi connectivity index (χ0v) is 8.73. The molecule has 2 rings (SSSR count). The Hall–Kier alpha value is -1.12. The minimum absolute atomic E-state index is 0.272.